The van der Waals surface area contributed by atoms with Crippen LogP contribution in [0.25, 0.3) is 11.4 Å². The van der Waals surface area contributed by atoms with Gasteiger partial charge in [0.25, 0.3) is 0 Å². The molecule has 1 aliphatic rings. The number of para-hydroxylation sites is 1. The van der Waals surface area contributed by atoms with E-state index >= 15 is 0 Å². The molecule has 0 radical (unpaired) electrons. The van der Waals surface area contributed by atoms with E-state index in [1.165, 1.54) is 17.3 Å². The zero-order valence-corrected chi connectivity index (χ0v) is 18.9. The molecule has 3 heterocycles. The van der Waals surface area contributed by atoms with Gasteiger partial charge >= 0.3 is 0 Å². The van der Waals surface area contributed by atoms with Gasteiger partial charge < -0.3 is 9.32 Å². The van der Waals surface area contributed by atoms with Crippen LogP contribution in [0.1, 0.15) is 17.7 Å². The Labute approximate surface area is 195 Å². The van der Waals surface area contributed by atoms with Crippen LogP contribution in [0.5, 0.6) is 0 Å². The van der Waals surface area contributed by atoms with Crippen molar-refractivity contribution in [3.05, 3.63) is 83.3 Å². The minimum Gasteiger partial charge on any atom is -0.467 e. The van der Waals surface area contributed by atoms with Crippen LogP contribution < -0.4 is 4.90 Å². The number of benzene rings is 2. The van der Waals surface area contributed by atoms with Crippen LogP contribution >= 0.6 is 23.4 Å². The molecule has 1 amide bonds. The first-order valence-electron chi connectivity index (χ1n) is 10.4. The molecule has 0 saturated heterocycles. The van der Waals surface area contributed by atoms with Crippen LogP contribution in [-0.2, 0) is 17.8 Å². The van der Waals surface area contributed by atoms with Gasteiger partial charge in [0.1, 0.15) is 5.76 Å². The molecule has 0 bridgehead atoms. The number of aromatic nitrogens is 3. The molecule has 0 aliphatic carbocycles. The molecule has 2 aromatic carbocycles. The van der Waals surface area contributed by atoms with Gasteiger partial charge in [0.15, 0.2) is 11.0 Å². The lowest BCUT2D eigenvalue weighted by atomic mass is 10.0. The second kappa shape index (κ2) is 9.22. The summed E-state index contributed by atoms with van der Waals surface area (Å²) in [7, 11) is 0. The fourth-order valence-corrected chi connectivity index (χ4v) is 4.85. The van der Waals surface area contributed by atoms with Crippen molar-refractivity contribution in [3.63, 3.8) is 0 Å². The minimum absolute atomic E-state index is 0.0720. The van der Waals surface area contributed by atoms with E-state index in [1.54, 1.807) is 6.26 Å². The summed E-state index contributed by atoms with van der Waals surface area (Å²) in [5.41, 5.74) is 3.14. The van der Waals surface area contributed by atoms with Gasteiger partial charge in [-0.25, -0.2) is 0 Å². The molecular weight excluding hydrogens is 444 g/mol. The topological polar surface area (TPSA) is 64.2 Å². The van der Waals surface area contributed by atoms with Crippen LogP contribution in [0.3, 0.4) is 0 Å². The number of nitrogens with zero attached hydrogens (tertiary/aromatic N) is 4. The third kappa shape index (κ3) is 4.31. The van der Waals surface area contributed by atoms with E-state index in [2.05, 4.69) is 16.3 Å². The molecular formula is C24H21ClN4O2S. The lowest BCUT2D eigenvalue weighted by Crippen LogP contribution is -2.36. The number of carbonyl (C=O) groups is 1. The molecule has 162 valence electrons. The summed E-state index contributed by atoms with van der Waals surface area (Å²) in [6.45, 7) is 1.21. The number of carbonyl (C=O) groups excluding carboxylic acids is 1. The maximum absolute atomic E-state index is 13.1. The molecule has 32 heavy (non-hydrogen) atoms. The predicted molar refractivity (Wildman–Crippen MR) is 126 cm³/mol. The first-order valence-corrected chi connectivity index (χ1v) is 11.8. The predicted octanol–water partition coefficient (Wildman–Crippen LogP) is 5.31. The average molecular weight is 465 g/mol. The molecule has 2 aromatic heterocycles. The molecule has 0 unspecified atom stereocenters. The van der Waals surface area contributed by atoms with Gasteiger partial charge in [-0.05, 0) is 60.9 Å². The zero-order valence-electron chi connectivity index (χ0n) is 17.3. The highest BCUT2D eigenvalue weighted by Crippen LogP contribution is 2.30. The summed E-state index contributed by atoms with van der Waals surface area (Å²) in [5.74, 6) is 1.85. The molecule has 0 fully saturated rings. The minimum atomic E-state index is 0.0720. The Morgan fingerprint density at radius 3 is 2.72 bits per heavy atom. The van der Waals surface area contributed by atoms with Crippen molar-refractivity contribution in [2.24, 2.45) is 0 Å². The smallest absolute Gasteiger partial charge is 0.237 e. The summed E-state index contributed by atoms with van der Waals surface area (Å²) in [4.78, 5) is 15.0. The standard InChI is InChI=1S/C24H21ClN4O2S/c25-19-11-9-18(10-12-19)23-26-27-24(29(23)15-20-7-4-14-31-20)32-16-22(30)28-13-3-6-17-5-1-2-8-21(17)28/h1-2,4-5,7-12,14H,3,6,13,15-16H2. The molecule has 0 N–H and O–H groups in total. The van der Waals surface area contributed by atoms with Gasteiger partial charge in [0.2, 0.25) is 5.91 Å². The largest absolute Gasteiger partial charge is 0.467 e. The third-order valence-electron chi connectivity index (χ3n) is 5.45. The van der Waals surface area contributed by atoms with E-state index in [-0.39, 0.29) is 11.7 Å². The highest BCUT2D eigenvalue weighted by molar-refractivity contribution is 7.99. The fraction of sp³-hybridized carbons (Fsp3) is 0.208. The monoisotopic (exact) mass is 464 g/mol. The molecule has 0 saturated carbocycles. The molecule has 6 nitrogen and oxygen atoms in total. The first-order chi connectivity index (χ1) is 15.7. The molecule has 8 heteroatoms. The number of anilines is 1. The van der Waals surface area contributed by atoms with Crippen molar-refractivity contribution >= 4 is 35.0 Å². The number of rotatable bonds is 6. The summed E-state index contributed by atoms with van der Waals surface area (Å²) < 4.78 is 7.53. The van der Waals surface area contributed by atoms with E-state index in [0.29, 0.717) is 22.5 Å². The maximum atomic E-state index is 13.1. The quantitative estimate of drug-likeness (QED) is 0.362. The van der Waals surface area contributed by atoms with Gasteiger partial charge in [-0.15, -0.1) is 10.2 Å². The van der Waals surface area contributed by atoms with Crippen molar-refractivity contribution in [1.82, 2.24) is 14.8 Å². The molecule has 0 spiro atoms. The number of hydrogen-bond donors (Lipinski definition) is 0. The fourth-order valence-electron chi connectivity index (χ4n) is 3.91. The Bertz CT molecular complexity index is 1220. The molecule has 0 atom stereocenters. The average Bonchev–Trinajstić information content (AvgIpc) is 3.48. The van der Waals surface area contributed by atoms with Crippen LogP contribution in [0.2, 0.25) is 5.02 Å². The number of hydrogen-bond acceptors (Lipinski definition) is 5. The number of amides is 1. The Morgan fingerprint density at radius 2 is 1.91 bits per heavy atom. The van der Waals surface area contributed by atoms with Crippen LogP contribution in [0.15, 0.2) is 76.5 Å². The SMILES string of the molecule is O=C(CSc1nnc(-c2ccc(Cl)cc2)n1Cc1ccco1)N1CCCc2ccccc21. The summed E-state index contributed by atoms with van der Waals surface area (Å²) in [5, 5.41) is 10.1. The third-order valence-corrected chi connectivity index (χ3v) is 6.65. The molecule has 5 rings (SSSR count). The normalized spacial score (nSPS) is 13.2. The number of thioether (sulfide) groups is 1. The van der Waals surface area contributed by atoms with Gasteiger partial charge in [-0.1, -0.05) is 41.6 Å². The van der Waals surface area contributed by atoms with Crippen molar-refractivity contribution in [2.45, 2.75) is 24.5 Å². The molecule has 4 aromatic rings. The second-order valence-electron chi connectivity index (χ2n) is 7.54. The van der Waals surface area contributed by atoms with Crippen LogP contribution in [-0.4, -0.2) is 33.0 Å². The van der Waals surface area contributed by atoms with Crippen molar-refractivity contribution in [3.8, 4) is 11.4 Å². The van der Waals surface area contributed by atoms with Gasteiger partial charge in [0.05, 0.1) is 18.6 Å². The van der Waals surface area contributed by atoms with Gasteiger partial charge in [-0.2, -0.15) is 0 Å². The highest BCUT2D eigenvalue weighted by atomic mass is 35.5. The summed E-state index contributed by atoms with van der Waals surface area (Å²) in [6, 6.07) is 19.4. The number of halogens is 1. The number of aryl methyl sites for hydroxylation is 1. The van der Waals surface area contributed by atoms with E-state index in [4.69, 9.17) is 16.0 Å². The number of fused-ring (bicyclic) bond motifs is 1. The van der Waals surface area contributed by atoms with Crippen molar-refractivity contribution in [1.29, 1.82) is 0 Å². The van der Waals surface area contributed by atoms with Crippen molar-refractivity contribution in [2.75, 3.05) is 17.2 Å². The Hall–Kier alpha value is -3.03. The summed E-state index contributed by atoms with van der Waals surface area (Å²) in [6.07, 6.45) is 3.63. The highest BCUT2D eigenvalue weighted by Gasteiger charge is 2.23. The summed E-state index contributed by atoms with van der Waals surface area (Å²) >= 11 is 7.44. The second-order valence-corrected chi connectivity index (χ2v) is 8.92. The van der Waals surface area contributed by atoms with E-state index in [1.807, 2.05) is 64.1 Å². The Kier molecular flexibility index (Phi) is 6.01. The van der Waals surface area contributed by atoms with E-state index in [9.17, 15) is 4.79 Å². The Morgan fingerprint density at radius 1 is 1.06 bits per heavy atom. The van der Waals surface area contributed by atoms with Gasteiger partial charge in [0, 0.05) is 22.8 Å². The van der Waals surface area contributed by atoms with E-state index in [0.717, 1.165) is 36.4 Å². The van der Waals surface area contributed by atoms with Crippen LogP contribution in [0, 0.1) is 0 Å². The molecule has 1 aliphatic heterocycles. The van der Waals surface area contributed by atoms with E-state index < -0.39 is 0 Å². The maximum Gasteiger partial charge on any atom is 0.237 e. The lowest BCUT2D eigenvalue weighted by Gasteiger charge is -2.29. The number of furan rings is 1. The van der Waals surface area contributed by atoms with Gasteiger partial charge in [-0.3, -0.25) is 9.36 Å². The Balaban J connectivity index is 1.39. The first kappa shape index (κ1) is 20.8. The lowest BCUT2D eigenvalue weighted by molar-refractivity contribution is -0.116. The zero-order chi connectivity index (χ0) is 21.9. The van der Waals surface area contributed by atoms with Crippen molar-refractivity contribution < 1.29 is 9.21 Å². The van der Waals surface area contributed by atoms with Crippen LogP contribution in [0.4, 0.5) is 5.69 Å².